The minimum absolute atomic E-state index is 0.177. The molecule has 0 radical (unpaired) electrons. The fraction of sp³-hybridized carbons (Fsp3) is 0.889. The zero-order valence-corrected chi connectivity index (χ0v) is 8.81. The smallest absolute Gasteiger partial charge is 0.305 e. The highest BCUT2D eigenvalue weighted by Crippen LogP contribution is 2.20. The van der Waals surface area contributed by atoms with Crippen LogP contribution in [0.3, 0.4) is 0 Å². The predicted molar refractivity (Wildman–Crippen MR) is 50.2 cm³/mol. The minimum atomic E-state index is -1.61. The summed E-state index contributed by atoms with van der Waals surface area (Å²) in [7, 11) is 0. The highest BCUT2D eigenvalue weighted by molar-refractivity contribution is 5.68. The summed E-state index contributed by atoms with van der Waals surface area (Å²) in [6.07, 6.45) is -7.01. The Bertz CT molecular complexity index is 244. The van der Waals surface area contributed by atoms with E-state index in [-0.39, 0.29) is 13.0 Å². The lowest BCUT2D eigenvalue weighted by atomic mass is 9.99. The van der Waals surface area contributed by atoms with Crippen molar-refractivity contribution in [1.82, 2.24) is 0 Å². The van der Waals surface area contributed by atoms with Gasteiger partial charge in [-0.3, -0.25) is 4.79 Å². The van der Waals surface area contributed by atoms with E-state index in [9.17, 15) is 20.1 Å². The zero-order chi connectivity index (χ0) is 12.3. The maximum Gasteiger partial charge on any atom is 0.305 e. The number of carbonyl (C=O) groups excluding carboxylic acids is 1. The summed E-state index contributed by atoms with van der Waals surface area (Å²) in [5, 5.41) is 37.1. The molecular weight excluding hydrogens is 220 g/mol. The second kappa shape index (κ2) is 5.55. The summed E-state index contributed by atoms with van der Waals surface area (Å²) in [5.41, 5.74) is 0. The molecule has 0 saturated carbocycles. The Morgan fingerprint density at radius 1 is 1.19 bits per heavy atom. The average molecular weight is 236 g/mol. The molecule has 0 aliphatic carbocycles. The number of rotatable bonds is 3. The van der Waals surface area contributed by atoms with Crippen molar-refractivity contribution in [3.8, 4) is 0 Å². The van der Waals surface area contributed by atoms with Crippen molar-refractivity contribution in [2.75, 3.05) is 6.61 Å². The Morgan fingerprint density at radius 2 is 1.81 bits per heavy atom. The van der Waals surface area contributed by atoms with Crippen LogP contribution < -0.4 is 0 Å². The van der Waals surface area contributed by atoms with Crippen LogP contribution in [-0.4, -0.2) is 63.7 Å². The van der Waals surface area contributed by atoms with Crippen molar-refractivity contribution in [3.05, 3.63) is 0 Å². The van der Waals surface area contributed by atoms with Crippen LogP contribution in [0.5, 0.6) is 0 Å². The molecule has 4 N–H and O–H groups in total. The number of esters is 1. The highest BCUT2D eigenvalue weighted by Gasteiger charge is 2.43. The van der Waals surface area contributed by atoms with Crippen LogP contribution in [0.1, 0.15) is 13.3 Å². The first-order valence-electron chi connectivity index (χ1n) is 5.00. The molecule has 1 heterocycles. The summed E-state index contributed by atoms with van der Waals surface area (Å²) < 4.78 is 9.50. The Morgan fingerprint density at radius 3 is 2.38 bits per heavy atom. The molecule has 0 bridgehead atoms. The molecule has 0 amide bonds. The van der Waals surface area contributed by atoms with Crippen molar-refractivity contribution < 1.29 is 34.7 Å². The molecule has 1 aliphatic rings. The molecule has 7 nitrogen and oxygen atoms in total. The average Bonchev–Trinajstić information content (AvgIpc) is 2.28. The van der Waals surface area contributed by atoms with Crippen LogP contribution in [0.25, 0.3) is 0 Å². The van der Waals surface area contributed by atoms with E-state index in [2.05, 4.69) is 0 Å². The van der Waals surface area contributed by atoms with Gasteiger partial charge in [0, 0.05) is 6.42 Å². The van der Waals surface area contributed by atoms with Gasteiger partial charge in [-0.1, -0.05) is 6.92 Å². The summed E-state index contributed by atoms with van der Waals surface area (Å²) >= 11 is 0. The number of ether oxygens (including phenoxy) is 2. The van der Waals surface area contributed by atoms with Crippen molar-refractivity contribution in [1.29, 1.82) is 0 Å². The molecule has 0 aromatic rings. The Hall–Kier alpha value is -0.730. The second-order valence-electron chi connectivity index (χ2n) is 3.57. The monoisotopic (exact) mass is 236 g/mol. The molecule has 0 aromatic carbocycles. The third-order valence-electron chi connectivity index (χ3n) is 2.38. The largest absolute Gasteiger partial charge is 0.463 e. The molecule has 1 saturated heterocycles. The van der Waals surface area contributed by atoms with E-state index in [1.165, 1.54) is 0 Å². The maximum atomic E-state index is 10.9. The number of aliphatic hydroxyl groups is 4. The number of hydrogen-bond acceptors (Lipinski definition) is 7. The van der Waals surface area contributed by atoms with Gasteiger partial charge in [-0.15, -0.1) is 0 Å². The third-order valence-corrected chi connectivity index (χ3v) is 2.38. The van der Waals surface area contributed by atoms with Gasteiger partial charge in [0.1, 0.15) is 31.0 Å². The Labute approximate surface area is 92.2 Å². The van der Waals surface area contributed by atoms with Crippen LogP contribution in [-0.2, 0) is 14.3 Å². The van der Waals surface area contributed by atoms with Gasteiger partial charge in [-0.05, 0) is 0 Å². The second-order valence-corrected chi connectivity index (χ2v) is 3.57. The standard InChI is InChI=1S/C9H16O7/c1-2-5(10)15-3-4-6(11)7(12)8(13)9(14)16-4/h4,6-9,11-14H,2-3H2,1H3. The van der Waals surface area contributed by atoms with Crippen molar-refractivity contribution >= 4 is 5.97 Å². The molecule has 0 aromatic heterocycles. The molecular formula is C9H16O7. The third kappa shape index (κ3) is 2.89. The lowest BCUT2D eigenvalue weighted by Gasteiger charge is -2.37. The van der Waals surface area contributed by atoms with Crippen LogP contribution in [0.15, 0.2) is 0 Å². The van der Waals surface area contributed by atoms with Gasteiger partial charge >= 0.3 is 5.97 Å². The molecule has 5 unspecified atom stereocenters. The molecule has 1 fully saturated rings. The molecule has 16 heavy (non-hydrogen) atoms. The molecule has 1 aliphatic heterocycles. The molecule has 1 rings (SSSR count). The van der Waals surface area contributed by atoms with Gasteiger partial charge in [-0.2, -0.15) is 0 Å². The van der Waals surface area contributed by atoms with Gasteiger partial charge in [0.25, 0.3) is 0 Å². The highest BCUT2D eigenvalue weighted by atomic mass is 16.6. The molecule has 7 heteroatoms. The van der Waals surface area contributed by atoms with E-state index in [0.717, 1.165) is 0 Å². The first-order valence-corrected chi connectivity index (χ1v) is 5.00. The number of carbonyl (C=O) groups is 1. The fourth-order valence-corrected chi connectivity index (χ4v) is 1.35. The Balaban J connectivity index is 2.50. The van der Waals surface area contributed by atoms with Crippen LogP contribution in [0, 0.1) is 0 Å². The number of aliphatic hydroxyl groups excluding tert-OH is 4. The van der Waals surface area contributed by atoms with Gasteiger partial charge in [-0.25, -0.2) is 0 Å². The SMILES string of the molecule is CCC(=O)OCC1OC(O)C(O)C(O)C1O. The van der Waals surface area contributed by atoms with Gasteiger partial charge < -0.3 is 29.9 Å². The van der Waals surface area contributed by atoms with Crippen LogP contribution >= 0.6 is 0 Å². The summed E-state index contributed by atoms with van der Waals surface area (Å²) in [6.45, 7) is 1.32. The summed E-state index contributed by atoms with van der Waals surface area (Å²) in [4.78, 5) is 10.9. The van der Waals surface area contributed by atoms with E-state index < -0.39 is 36.7 Å². The Kier molecular flexibility index (Phi) is 4.63. The van der Waals surface area contributed by atoms with Crippen molar-refractivity contribution in [2.24, 2.45) is 0 Å². The summed E-state index contributed by atoms with van der Waals surface area (Å²) in [6, 6.07) is 0. The van der Waals surface area contributed by atoms with Crippen LogP contribution in [0.4, 0.5) is 0 Å². The quantitative estimate of drug-likeness (QED) is 0.408. The number of hydrogen-bond donors (Lipinski definition) is 4. The molecule has 0 spiro atoms. The topological polar surface area (TPSA) is 116 Å². The van der Waals surface area contributed by atoms with Gasteiger partial charge in [0.2, 0.25) is 0 Å². The van der Waals surface area contributed by atoms with E-state index >= 15 is 0 Å². The summed E-state index contributed by atoms with van der Waals surface area (Å²) in [5.74, 6) is -0.481. The first-order chi connectivity index (χ1) is 7.47. The van der Waals surface area contributed by atoms with Crippen molar-refractivity contribution in [2.45, 2.75) is 44.1 Å². The van der Waals surface area contributed by atoms with Crippen LogP contribution in [0.2, 0.25) is 0 Å². The lowest BCUT2D eigenvalue weighted by Crippen LogP contribution is -2.58. The zero-order valence-electron chi connectivity index (χ0n) is 8.81. The normalized spacial score (nSPS) is 39.4. The first kappa shape index (κ1) is 13.3. The lowest BCUT2D eigenvalue weighted by molar-refractivity contribution is -0.287. The minimum Gasteiger partial charge on any atom is -0.463 e. The molecule has 5 atom stereocenters. The van der Waals surface area contributed by atoms with Gasteiger partial charge in [0.15, 0.2) is 6.29 Å². The molecule has 94 valence electrons. The van der Waals surface area contributed by atoms with Gasteiger partial charge in [0.05, 0.1) is 0 Å². The van der Waals surface area contributed by atoms with E-state index in [4.69, 9.17) is 14.6 Å². The maximum absolute atomic E-state index is 10.9. The van der Waals surface area contributed by atoms with Crippen molar-refractivity contribution in [3.63, 3.8) is 0 Å². The van der Waals surface area contributed by atoms with E-state index in [1.807, 2.05) is 0 Å². The van der Waals surface area contributed by atoms with E-state index in [0.29, 0.717) is 0 Å². The van der Waals surface area contributed by atoms with E-state index in [1.54, 1.807) is 6.92 Å². The predicted octanol–water partition coefficient (Wildman–Crippen LogP) is -2.26. The fourth-order valence-electron chi connectivity index (χ4n) is 1.35.